The molecule has 0 unspecified atom stereocenters. The monoisotopic (exact) mass is 263 g/mol. The number of amidine groups is 1. The van der Waals surface area contributed by atoms with Crippen LogP contribution in [0.3, 0.4) is 0 Å². The van der Waals surface area contributed by atoms with Crippen molar-refractivity contribution in [3.63, 3.8) is 0 Å². The van der Waals surface area contributed by atoms with Crippen LogP contribution in [-0.4, -0.2) is 38.1 Å². The van der Waals surface area contributed by atoms with Crippen molar-refractivity contribution >= 4 is 29.2 Å². The molecule has 96 valence electrons. The van der Waals surface area contributed by atoms with Crippen molar-refractivity contribution in [2.24, 2.45) is 4.99 Å². The summed E-state index contributed by atoms with van der Waals surface area (Å²) in [6.07, 6.45) is 0. The van der Waals surface area contributed by atoms with E-state index in [1.807, 2.05) is 20.2 Å². The molecule has 0 bridgehead atoms. The minimum absolute atomic E-state index is 0.000656. The predicted octanol–water partition coefficient (Wildman–Crippen LogP) is 1.51. The van der Waals surface area contributed by atoms with Gasteiger partial charge in [0.05, 0.1) is 5.75 Å². The van der Waals surface area contributed by atoms with Crippen molar-refractivity contribution in [2.75, 3.05) is 31.3 Å². The third-order valence-corrected chi connectivity index (χ3v) is 3.66. The number of thioether (sulfide) groups is 1. The Morgan fingerprint density at radius 2 is 2.11 bits per heavy atom. The minimum atomic E-state index is -0.000656. The summed E-state index contributed by atoms with van der Waals surface area (Å²) in [4.78, 5) is 17.2. The van der Waals surface area contributed by atoms with Crippen molar-refractivity contribution in [2.45, 2.75) is 5.75 Å². The van der Waals surface area contributed by atoms with E-state index in [0.717, 1.165) is 17.3 Å². The number of aliphatic imine (C=N–C) groups is 1. The van der Waals surface area contributed by atoms with Gasteiger partial charge in [-0.3, -0.25) is 9.79 Å². The number of amides is 1. The maximum Gasteiger partial charge on any atom is 0.247 e. The molecular weight excluding hydrogens is 246 g/mol. The second-order valence-electron chi connectivity index (χ2n) is 4.33. The summed E-state index contributed by atoms with van der Waals surface area (Å²) in [5.41, 5.74) is 2.54. The molecule has 0 saturated heterocycles. The lowest BCUT2D eigenvalue weighted by Crippen LogP contribution is -2.26. The third-order valence-electron chi connectivity index (χ3n) is 2.67. The molecule has 4 nitrogen and oxygen atoms in total. The molecule has 5 heteroatoms. The Morgan fingerprint density at radius 1 is 1.33 bits per heavy atom. The fourth-order valence-electron chi connectivity index (χ4n) is 1.82. The van der Waals surface area contributed by atoms with Gasteiger partial charge in [-0.15, -0.1) is 11.8 Å². The van der Waals surface area contributed by atoms with Crippen molar-refractivity contribution in [1.29, 1.82) is 0 Å². The summed E-state index contributed by atoms with van der Waals surface area (Å²) >= 11 is 1.77. The molecule has 1 aromatic carbocycles. The number of nitrogens with zero attached hydrogens (tertiary/aromatic N) is 2. The number of carbonyl (C=O) groups excluding carboxylic acids is 1. The fourth-order valence-corrected chi connectivity index (χ4v) is 2.74. The summed E-state index contributed by atoms with van der Waals surface area (Å²) < 4.78 is 0. The van der Waals surface area contributed by atoms with Crippen molar-refractivity contribution in [3.8, 4) is 0 Å². The van der Waals surface area contributed by atoms with Gasteiger partial charge in [0.15, 0.2) is 0 Å². The minimum Gasteiger partial charge on any atom is -0.377 e. The van der Waals surface area contributed by atoms with E-state index in [9.17, 15) is 4.79 Å². The van der Waals surface area contributed by atoms with E-state index in [2.05, 4.69) is 33.4 Å². The van der Waals surface area contributed by atoms with Gasteiger partial charge in [-0.05, 0) is 11.6 Å². The number of benzene rings is 1. The van der Waals surface area contributed by atoms with Gasteiger partial charge in [-0.25, -0.2) is 0 Å². The van der Waals surface area contributed by atoms with E-state index < -0.39 is 0 Å². The van der Waals surface area contributed by atoms with Gasteiger partial charge in [0, 0.05) is 25.5 Å². The van der Waals surface area contributed by atoms with Crippen LogP contribution in [0.5, 0.6) is 0 Å². The molecule has 0 atom stereocenters. The van der Waals surface area contributed by atoms with Gasteiger partial charge in [-0.2, -0.15) is 0 Å². The molecule has 1 aliphatic heterocycles. The summed E-state index contributed by atoms with van der Waals surface area (Å²) in [7, 11) is 4.09. The second kappa shape index (κ2) is 5.91. The summed E-state index contributed by atoms with van der Waals surface area (Å²) in [6.45, 7) is 0.282. The van der Waals surface area contributed by atoms with Crippen LogP contribution in [0.25, 0.3) is 0 Å². The van der Waals surface area contributed by atoms with Gasteiger partial charge in [-0.1, -0.05) is 18.2 Å². The molecule has 1 aromatic rings. The number of anilines is 1. The molecule has 1 aliphatic rings. The van der Waals surface area contributed by atoms with Gasteiger partial charge >= 0.3 is 0 Å². The molecular formula is C13H17N3OS. The Balaban J connectivity index is 1.89. The van der Waals surface area contributed by atoms with Gasteiger partial charge in [0.2, 0.25) is 5.91 Å². The number of hydrogen-bond acceptors (Lipinski definition) is 4. The molecule has 18 heavy (non-hydrogen) atoms. The lowest BCUT2D eigenvalue weighted by molar-refractivity contribution is -0.117. The van der Waals surface area contributed by atoms with Crippen LogP contribution in [0.1, 0.15) is 5.56 Å². The summed E-state index contributed by atoms with van der Waals surface area (Å²) in [6, 6.07) is 8.35. The Bertz CT molecular complexity index is 471. The maximum absolute atomic E-state index is 11.0. The first-order valence-corrected chi connectivity index (χ1v) is 6.98. The zero-order valence-electron chi connectivity index (χ0n) is 10.6. The van der Waals surface area contributed by atoms with Crippen LogP contribution >= 0.6 is 11.8 Å². The van der Waals surface area contributed by atoms with Gasteiger partial charge < -0.3 is 10.2 Å². The Morgan fingerprint density at radius 3 is 2.78 bits per heavy atom. The van der Waals surface area contributed by atoms with E-state index in [4.69, 9.17) is 0 Å². The number of carbonyl (C=O) groups is 1. The highest BCUT2D eigenvalue weighted by atomic mass is 32.2. The predicted molar refractivity (Wildman–Crippen MR) is 77.4 cm³/mol. The fraction of sp³-hybridized carbons (Fsp3) is 0.385. The average molecular weight is 263 g/mol. The summed E-state index contributed by atoms with van der Waals surface area (Å²) in [5, 5.41) is 2.76. The second-order valence-corrected chi connectivity index (χ2v) is 5.31. The highest BCUT2D eigenvalue weighted by Gasteiger charge is 2.13. The molecule has 0 saturated carbocycles. The molecule has 0 radical (unpaired) electrons. The lowest BCUT2D eigenvalue weighted by Gasteiger charge is -2.17. The molecule has 0 aliphatic carbocycles. The largest absolute Gasteiger partial charge is 0.377 e. The number of nitrogens with one attached hydrogen (secondary N) is 1. The van der Waals surface area contributed by atoms with Crippen molar-refractivity contribution in [1.82, 2.24) is 5.32 Å². The highest BCUT2D eigenvalue weighted by molar-refractivity contribution is 7.99. The van der Waals surface area contributed by atoms with E-state index in [1.165, 1.54) is 11.3 Å². The van der Waals surface area contributed by atoms with E-state index in [1.54, 1.807) is 11.8 Å². The van der Waals surface area contributed by atoms with Crippen LogP contribution in [-0.2, 0) is 10.5 Å². The zero-order chi connectivity index (χ0) is 13.0. The zero-order valence-corrected chi connectivity index (χ0v) is 11.5. The standard InChI is InChI=1S/C13H17N3OS/c1-16(2)11-6-4-3-5-10(11)8-18-9-12-14-7-13(17)15-12/h3-6H,7-9H2,1-2H3,(H,14,15,17). The molecule has 1 N–H and O–H groups in total. The number of para-hydroxylation sites is 1. The normalized spacial score (nSPS) is 14.3. The third kappa shape index (κ3) is 3.26. The van der Waals surface area contributed by atoms with E-state index in [-0.39, 0.29) is 12.5 Å². The highest BCUT2D eigenvalue weighted by Crippen LogP contribution is 2.23. The maximum atomic E-state index is 11.0. The smallest absolute Gasteiger partial charge is 0.247 e. The first-order valence-electron chi connectivity index (χ1n) is 5.83. The van der Waals surface area contributed by atoms with Crippen LogP contribution in [0.15, 0.2) is 29.3 Å². The van der Waals surface area contributed by atoms with Crippen molar-refractivity contribution in [3.05, 3.63) is 29.8 Å². The Hall–Kier alpha value is -1.49. The molecule has 0 fully saturated rings. The first kappa shape index (κ1) is 13.0. The SMILES string of the molecule is CN(C)c1ccccc1CSCC1=NCC(=O)N1. The lowest BCUT2D eigenvalue weighted by atomic mass is 10.2. The molecule has 0 spiro atoms. The van der Waals surface area contributed by atoms with E-state index in [0.29, 0.717) is 0 Å². The quantitative estimate of drug-likeness (QED) is 0.876. The van der Waals surface area contributed by atoms with Crippen LogP contribution < -0.4 is 10.2 Å². The Labute approximate surface area is 111 Å². The van der Waals surface area contributed by atoms with E-state index >= 15 is 0 Å². The van der Waals surface area contributed by atoms with Gasteiger partial charge in [0.1, 0.15) is 12.4 Å². The van der Waals surface area contributed by atoms with Crippen LogP contribution in [0, 0.1) is 0 Å². The summed E-state index contributed by atoms with van der Waals surface area (Å²) in [5.74, 6) is 2.48. The average Bonchev–Trinajstić information content (AvgIpc) is 2.75. The molecule has 1 heterocycles. The Kier molecular flexibility index (Phi) is 4.25. The van der Waals surface area contributed by atoms with Crippen molar-refractivity contribution < 1.29 is 4.79 Å². The topological polar surface area (TPSA) is 44.7 Å². The first-order chi connectivity index (χ1) is 8.66. The molecule has 1 amide bonds. The number of rotatable bonds is 5. The molecule has 2 rings (SSSR count). The van der Waals surface area contributed by atoms with Crippen LogP contribution in [0.4, 0.5) is 5.69 Å². The van der Waals surface area contributed by atoms with Gasteiger partial charge in [0.25, 0.3) is 0 Å². The molecule has 0 aromatic heterocycles. The van der Waals surface area contributed by atoms with Crippen LogP contribution in [0.2, 0.25) is 0 Å². The number of hydrogen-bond donors (Lipinski definition) is 1.